The molecule has 0 aromatic heterocycles. The van der Waals surface area contributed by atoms with E-state index in [-0.39, 0.29) is 12.1 Å². The Kier molecular flexibility index (Phi) is 6.32. The van der Waals surface area contributed by atoms with E-state index in [1.807, 2.05) is 20.8 Å². The van der Waals surface area contributed by atoms with Crippen molar-refractivity contribution in [1.29, 1.82) is 0 Å². The van der Waals surface area contributed by atoms with E-state index in [2.05, 4.69) is 29.4 Å². The van der Waals surface area contributed by atoms with Gasteiger partial charge in [0.25, 0.3) is 0 Å². The molecule has 2 fully saturated rings. The van der Waals surface area contributed by atoms with Crippen molar-refractivity contribution in [2.45, 2.75) is 84.0 Å². The van der Waals surface area contributed by atoms with Crippen LogP contribution in [0.15, 0.2) is 0 Å². The van der Waals surface area contributed by atoms with Crippen LogP contribution in [0.4, 0.5) is 4.79 Å². The van der Waals surface area contributed by atoms with Gasteiger partial charge in [-0.05, 0) is 79.3 Å². The van der Waals surface area contributed by atoms with E-state index in [4.69, 9.17) is 4.74 Å². The molecule has 1 aliphatic carbocycles. The number of hydrogen-bond acceptors (Lipinski definition) is 4. The molecule has 1 aliphatic heterocycles. The Balaban J connectivity index is 1.72. The van der Waals surface area contributed by atoms with Gasteiger partial charge in [-0.25, -0.2) is 4.79 Å². The maximum Gasteiger partial charge on any atom is 0.407 e. The summed E-state index contributed by atoms with van der Waals surface area (Å²) >= 11 is 0. The van der Waals surface area contributed by atoms with E-state index >= 15 is 0 Å². The molecule has 2 rings (SSSR count). The molecule has 1 amide bonds. The van der Waals surface area contributed by atoms with Gasteiger partial charge in [0.1, 0.15) is 5.60 Å². The van der Waals surface area contributed by atoms with Crippen molar-refractivity contribution < 1.29 is 9.53 Å². The second kappa shape index (κ2) is 7.84. The van der Waals surface area contributed by atoms with Gasteiger partial charge in [-0.15, -0.1) is 0 Å². The van der Waals surface area contributed by atoms with Crippen LogP contribution in [0.3, 0.4) is 0 Å². The lowest BCUT2D eigenvalue weighted by Crippen LogP contribution is -2.50. The zero-order valence-corrected chi connectivity index (χ0v) is 15.5. The summed E-state index contributed by atoms with van der Waals surface area (Å²) in [5, 5.41) is 6.74. The van der Waals surface area contributed by atoms with Crippen molar-refractivity contribution in [3.63, 3.8) is 0 Å². The molecule has 5 heteroatoms. The monoisotopic (exact) mass is 325 g/mol. The number of nitrogens with one attached hydrogen (secondary N) is 2. The number of ether oxygens (including phenoxy) is 1. The third-order valence-corrected chi connectivity index (χ3v) is 4.78. The summed E-state index contributed by atoms with van der Waals surface area (Å²) in [6.45, 7) is 13.4. The lowest BCUT2D eigenvalue weighted by atomic mass is 10.0. The summed E-state index contributed by atoms with van der Waals surface area (Å²) in [6.07, 6.45) is 4.54. The number of nitrogens with zero attached hydrogens (tertiary/aromatic N) is 1. The van der Waals surface area contributed by atoms with Gasteiger partial charge in [0.05, 0.1) is 0 Å². The SMILES string of the molecule is CC(C)N1CCC(NCC(NC(=O)OC(C)(C)C)C2CC2)CC1. The maximum atomic E-state index is 12.0. The third kappa shape index (κ3) is 6.68. The molecule has 0 bridgehead atoms. The molecular formula is C18H35N3O2. The summed E-state index contributed by atoms with van der Waals surface area (Å²) in [5.74, 6) is 0.616. The zero-order chi connectivity index (χ0) is 17.0. The van der Waals surface area contributed by atoms with E-state index in [0.29, 0.717) is 18.0 Å². The van der Waals surface area contributed by atoms with Gasteiger partial charge in [0, 0.05) is 24.7 Å². The standard InChI is InChI=1S/C18H35N3O2/c1-13(2)21-10-8-15(9-11-21)19-12-16(14-6-7-14)20-17(22)23-18(3,4)5/h13-16,19H,6-12H2,1-5H3,(H,20,22). The van der Waals surface area contributed by atoms with Crippen molar-refractivity contribution in [1.82, 2.24) is 15.5 Å². The second-order valence-electron chi connectivity index (χ2n) is 8.40. The van der Waals surface area contributed by atoms with Crippen LogP contribution < -0.4 is 10.6 Å². The first-order valence-corrected chi connectivity index (χ1v) is 9.21. The molecule has 23 heavy (non-hydrogen) atoms. The van der Waals surface area contributed by atoms with Gasteiger partial charge >= 0.3 is 6.09 Å². The average Bonchev–Trinajstić information content (AvgIpc) is 3.26. The number of alkyl carbamates (subject to hydrolysis) is 1. The van der Waals surface area contributed by atoms with Crippen LogP contribution in [0.2, 0.25) is 0 Å². The smallest absolute Gasteiger partial charge is 0.407 e. The Morgan fingerprint density at radius 3 is 2.26 bits per heavy atom. The molecular weight excluding hydrogens is 290 g/mol. The number of amides is 1. The summed E-state index contributed by atoms with van der Waals surface area (Å²) in [7, 11) is 0. The van der Waals surface area contributed by atoms with E-state index < -0.39 is 5.60 Å². The van der Waals surface area contributed by atoms with Crippen molar-refractivity contribution in [3.8, 4) is 0 Å². The number of carbonyl (C=O) groups excluding carboxylic acids is 1. The first kappa shape index (κ1) is 18.5. The van der Waals surface area contributed by atoms with E-state index in [9.17, 15) is 4.79 Å². The van der Waals surface area contributed by atoms with Gasteiger partial charge in [-0.1, -0.05) is 0 Å². The fourth-order valence-corrected chi connectivity index (χ4v) is 3.21. The molecule has 0 spiro atoms. The second-order valence-corrected chi connectivity index (χ2v) is 8.40. The molecule has 134 valence electrons. The van der Waals surface area contributed by atoms with E-state index in [1.165, 1.54) is 38.8 Å². The largest absolute Gasteiger partial charge is 0.444 e. The van der Waals surface area contributed by atoms with Gasteiger partial charge in [0.2, 0.25) is 0 Å². The predicted octanol–water partition coefficient (Wildman–Crippen LogP) is 2.75. The molecule has 2 aliphatic rings. The van der Waals surface area contributed by atoms with Crippen molar-refractivity contribution in [2.75, 3.05) is 19.6 Å². The fraction of sp³-hybridized carbons (Fsp3) is 0.944. The summed E-state index contributed by atoms with van der Waals surface area (Å²) in [4.78, 5) is 14.5. The molecule has 2 N–H and O–H groups in total. The average molecular weight is 325 g/mol. The minimum absolute atomic E-state index is 0.202. The molecule has 0 radical (unpaired) electrons. The molecule has 0 aromatic rings. The van der Waals surface area contributed by atoms with Gasteiger partial charge in [-0.2, -0.15) is 0 Å². The first-order valence-electron chi connectivity index (χ1n) is 9.21. The Morgan fingerprint density at radius 1 is 1.17 bits per heavy atom. The minimum Gasteiger partial charge on any atom is -0.444 e. The van der Waals surface area contributed by atoms with Crippen molar-refractivity contribution in [3.05, 3.63) is 0 Å². The first-order chi connectivity index (χ1) is 10.7. The zero-order valence-electron chi connectivity index (χ0n) is 15.5. The topological polar surface area (TPSA) is 53.6 Å². The minimum atomic E-state index is -0.435. The molecule has 1 atom stereocenters. The molecule has 5 nitrogen and oxygen atoms in total. The van der Waals surface area contributed by atoms with Crippen LogP contribution in [-0.2, 0) is 4.74 Å². The highest BCUT2D eigenvalue weighted by molar-refractivity contribution is 5.68. The lowest BCUT2D eigenvalue weighted by molar-refractivity contribution is 0.0495. The normalized spacial score (nSPS) is 22.2. The molecule has 0 aromatic carbocycles. The molecule has 1 heterocycles. The number of likely N-dealkylation sites (tertiary alicyclic amines) is 1. The third-order valence-electron chi connectivity index (χ3n) is 4.78. The summed E-state index contributed by atoms with van der Waals surface area (Å²) in [5.41, 5.74) is -0.435. The van der Waals surface area contributed by atoms with Crippen molar-refractivity contribution >= 4 is 6.09 Å². The summed E-state index contributed by atoms with van der Waals surface area (Å²) in [6, 6.07) is 1.42. The van der Waals surface area contributed by atoms with Crippen LogP contribution in [0.25, 0.3) is 0 Å². The van der Waals surface area contributed by atoms with Crippen molar-refractivity contribution in [2.24, 2.45) is 5.92 Å². The van der Waals surface area contributed by atoms with Gasteiger partial charge in [-0.3, -0.25) is 0 Å². The Morgan fingerprint density at radius 2 is 1.78 bits per heavy atom. The molecule has 1 saturated heterocycles. The van der Waals surface area contributed by atoms with Crippen LogP contribution in [0, 0.1) is 5.92 Å². The van der Waals surface area contributed by atoms with E-state index in [1.54, 1.807) is 0 Å². The predicted molar refractivity (Wildman–Crippen MR) is 93.6 cm³/mol. The summed E-state index contributed by atoms with van der Waals surface area (Å²) < 4.78 is 5.39. The Bertz CT molecular complexity index is 380. The number of carbonyl (C=O) groups is 1. The molecule has 1 unspecified atom stereocenters. The van der Waals surface area contributed by atoms with Crippen LogP contribution in [0.1, 0.15) is 60.3 Å². The van der Waals surface area contributed by atoms with Crippen LogP contribution >= 0.6 is 0 Å². The number of piperidine rings is 1. The highest BCUT2D eigenvalue weighted by Crippen LogP contribution is 2.32. The van der Waals surface area contributed by atoms with Crippen LogP contribution in [0.5, 0.6) is 0 Å². The number of rotatable bonds is 6. The quantitative estimate of drug-likeness (QED) is 0.788. The van der Waals surface area contributed by atoms with Crippen LogP contribution in [-0.4, -0.2) is 54.4 Å². The molecule has 1 saturated carbocycles. The Hall–Kier alpha value is -0.810. The Labute approximate surface area is 141 Å². The lowest BCUT2D eigenvalue weighted by Gasteiger charge is -2.35. The van der Waals surface area contributed by atoms with E-state index in [0.717, 1.165) is 6.54 Å². The highest BCUT2D eigenvalue weighted by atomic mass is 16.6. The fourth-order valence-electron chi connectivity index (χ4n) is 3.21. The number of hydrogen-bond donors (Lipinski definition) is 2. The maximum absolute atomic E-state index is 12.0. The van der Waals surface area contributed by atoms with Gasteiger partial charge in [0.15, 0.2) is 0 Å². The highest BCUT2D eigenvalue weighted by Gasteiger charge is 2.34. The van der Waals surface area contributed by atoms with Gasteiger partial charge < -0.3 is 20.3 Å².